The standard InChI is InChI=1S/C23H27N5O4S/c1-14-10-16(12-17(11-14)27-22-25-7-4-19(28-22)32-9-8-29)18-13-26-21(33-18)23(31)5-2-15(3-6-23)20(24)30/h4,7,10-13,15,29,31H,2-3,5-6,8-9H2,1H3,(H2,24,30)(H,25,27,28). The van der Waals surface area contributed by atoms with Crippen LogP contribution in [0.5, 0.6) is 5.88 Å². The van der Waals surface area contributed by atoms with Crippen LogP contribution in [0.3, 0.4) is 0 Å². The number of carbonyl (C=O) groups is 1. The molecule has 2 heterocycles. The van der Waals surface area contributed by atoms with E-state index in [0.29, 0.717) is 42.5 Å². The molecule has 1 fully saturated rings. The van der Waals surface area contributed by atoms with E-state index < -0.39 is 5.60 Å². The molecule has 0 spiro atoms. The Morgan fingerprint density at radius 1 is 1.30 bits per heavy atom. The Hall–Kier alpha value is -3.08. The number of aromatic nitrogens is 3. The Bertz CT molecular complexity index is 1130. The number of aliphatic hydroxyl groups is 2. The number of hydrogen-bond donors (Lipinski definition) is 4. The van der Waals surface area contributed by atoms with Crippen molar-refractivity contribution in [2.75, 3.05) is 18.5 Å². The summed E-state index contributed by atoms with van der Waals surface area (Å²) in [6.45, 7) is 2.07. The lowest BCUT2D eigenvalue weighted by Crippen LogP contribution is -2.35. The molecule has 5 N–H and O–H groups in total. The molecule has 2 aromatic heterocycles. The molecule has 4 rings (SSSR count). The number of thiazole rings is 1. The second kappa shape index (κ2) is 9.82. The predicted molar refractivity (Wildman–Crippen MR) is 125 cm³/mol. The molecule has 1 aliphatic rings. The molecule has 1 aliphatic carbocycles. The van der Waals surface area contributed by atoms with Crippen LogP contribution in [0.4, 0.5) is 11.6 Å². The number of rotatable bonds is 8. The van der Waals surface area contributed by atoms with Crippen LogP contribution in [0, 0.1) is 12.8 Å². The molecule has 10 heteroatoms. The molecular weight excluding hydrogens is 442 g/mol. The van der Waals surface area contributed by atoms with Crippen LogP contribution >= 0.6 is 11.3 Å². The summed E-state index contributed by atoms with van der Waals surface area (Å²) in [4.78, 5) is 25.4. The Balaban J connectivity index is 1.52. The van der Waals surface area contributed by atoms with Gasteiger partial charge in [-0.2, -0.15) is 4.98 Å². The first-order valence-corrected chi connectivity index (χ1v) is 11.6. The normalized spacial score (nSPS) is 20.4. The highest BCUT2D eigenvalue weighted by Crippen LogP contribution is 2.42. The summed E-state index contributed by atoms with van der Waals surface area (Å²) in [6, 6.07) is 7.64. The lowest BCUT2D eigenvalue weighted by molar-refractivity contribution is -0.124. The van der Waals surface area contributed by atoms with Gasteiger partial charge in [0.15, 0.2) is 0 Å². The van der Waals surface area contributed by atoms with E-state index in [1.54, 1.807) is 18.5 Å². The number of primary amides is 1. The zero-order valence-electron chi connectivity index (χ0n) is 18.3. The van der Waals surface area contributed by atoms with Crippen molar-refractivity contribution in [2.24, 2.45) is 11.7 Å². The van der Waals surface area contributed by atoms with Crippen molar-refractivity contribution >= 4 is 28.9 Å². The first kappa shape index (κ1) is 23.1. The molecule has 1 amide bonds. The van der Waals surface area contributed by atoms with Gasteiger partial charge in [-0.1, -0.05) is 6.07 Å². The molecular formula is C23H27N5O4S. The van der Waals surface area contributed by atoms with Crippen LogP contribution in [-0.2, 0) is 10.4 Å². The molecule has 0 atom stereocenters. The second-order valence-electron chi connectivity index (χ2n) is 8.24. The molecule has 0 unspecified atom stereocenters. The van der Waals surface area contributed by atoms with Crippen molar-refractivity contribution in [3.63, 3.8) is 0 Å². The summed E-state index contributed by atoms with van der Waals surface area (Å²) < 4.78 is 5.34. The van der Waals surface area contributed by atoms with Crippen LogP contribution < -0.4 is 15.8 Å². The number of hydrogen-bond acceptors (Lipinski definition) is 9. The molecule has 0 radical (unpaired) electrons. The van der Waals surface area contributed by atoms with Gasteiger partial charge in [-0.05, 0) is 55.9 Å². The van der Waals surface area contributed by atoms with Crippen molar-refractivity contribution in [3.8, 4) is 16.3 Å². The number of aliphatic hydroxyl groups excluding tert-OH is 1. The van der Waals surface area contributed by atoms with E-state index in [4.69, 9.17) is 15.6 Å². The zero-order valence-corrected chi connectivity index (χ0v) is 19.1. The Kier molecular flexibility index (Phi) is 6.87. The zero-order chi connectivity index (χ0) is 23.4. The van der Waals surface area contributed by atoms with Crippen LogP contribution in [-0.4, -0.2) is 44.3 Å². The molecule has 1 saturated carbocycles. The number of nitrogens with zero attached hydrogens (tertiary/aromatic N) is 3. The minimum atomic E-state index is -1.03. The second-order valence-corrected chi connectivity index (χ2v) is 9.27. The number of benzene rings is 1. The van der Waals surface area contributed by atoms with E-state index in [1.807, 2.05) is 19.1 Å². The van der Waals surface area contributed by atoms with Crippen LogP contribution in [0.15, 0.2) is 36.7 Å². The lowest BCUT2D eigenvalue weighted by atomic mass is 9.79. The third-order valence-electron chi connectivity index (χ3n) is 5.71. The molecule has 33 heavy (non-hydrogen) atoms. The summed E-state index contributed by atoms with van der Waals surface area (Å²) in [5, 5.41) is 23.9. The summed E-state index contributed by atoms with van der Waals surface area (Å²) in [6.07, 6.45) is 5.44. The van der Waals surface area contributed by atoms with Gasteiger partial charge >= 0.3 is 0 Å². The smallest absolute Gasteiger partial charge is 0.230 e. The Labute approximate surface area is 195 Å². The Morgan fingerprint density at radius 3 is 2.82 bits per heavy atom. The maximum atomic E-state index is 11.4. The number of nitrogens with one attached hydrogen (secondary N) is 1. The molecule has 174 valence electrons. The monoisotopic (exact) mass is 469 g/mol. The number of aryl methyl sites for hydroxylation is 1. The highest BCUT2D eigenvalue weighted by atomic mass is 32.1. The first-order chi connectivity index (χ1) is 15.9. The number of ether oxygens (including phenoxy) is 1. The fraction of sp³-hybridized carbons (Fsp3) is 0.391. The summed E-state index contributed by atoms with van der Waals surface area (Å²) in [5.41, 5.74) is 7.20. The molecule has 3 aromatic rings. The third kappa shape index (κ3) is 5.47. The Morgan fingerprint density at radius 2 is 2.09 bits per heavy atom. The predicted octanol–water partition coefficient (Wildman–Crippen LogP) is 2.89. The van der Waals surface area contributed by atoms with Crippen LogP contribution in [0.25, 0.3) is 10.4 Å². The summed E-state index contributed by atoms with van der Waals surface area (Å²) in [5.74, 6) is 0.282. The average Bonchev–Trinajstić information content (AvgIpc) is 3.29. The quantitative estimate of drug-likeness (QED) is 0.394. The van der Waals surface area contributed by atoms with E-state index in [0.717, 1.165) is 21.7 Å². The van der Waals surface area contributed by atoms with Crippen molar-refractivity contribution in [3.05, 3.63) is 47.2 Å². The van der Waals surface area contributed by atoms with Gasteiger partial charge in [0, 0.05) is 30.1 Å². The van der Waals surface area contributed by atoms with E-state index in [-0.39, 0.29) is 25.0 Å². The van der Waals surface area contributed by atoms with Crippen LogP contribution in [0.1, 0.15) is 36.3 Å². The van der Waals surface area contributed by atoms with Gasteiger partial charge in [0.25, 0.3) is 0 Å². The number of anilines is 2. The lowest BCUT2D eigenvalue weighted by Gasteiger charge is -2.33. The highest BCUT2D eigenvalue weighted by molar-refractivity contribution is 7.15. The molecule has 0 saturated heterocycles. The largest absolute Gasteiger partial charge is 0.475 e. The fourth-order valence-electron chi connectivity index (χ4n) is 3.98. The minimum absolute atomic E-state index is 0.0916. The third-order valence-corrected chi connectivity index (χ3v) is 6.95. The van der Waals surface area contributed by atoms with Gasteiger partial charge in [-0.3, -0.25) is 4.79 Å². The van der Waals surface area contributed by atoms with Gasteiger partial charge in [-0.15, -0.1) is 11.3 Å². The highest BCUT2D eigenvalue weighted by Gasteiger charge is 2.38. The number of amides is 1. The van der Waals surface area contributed by atoms with Gasteiger partial charge in [0.2, 0.25) is 17.7 Å². The van der Waals surface area contributed by atoms with Gasteiger partial charge in [0.1, 0.15) is 17.2 Å². The molecule has 0 bridgehead atoms. The van der Waals surface area contributed by atoms with Gasteiger partial charge in [0.05, 0.1) is 11.5 Å². The molecule has 0 aliphatic heterocycles. The molecule has 9 nitrogen and oxygen atoms in total. The van der Waals surface area contributed by atoms with Crippen LogP contribution in [0.2, 0.25) is 0 Å². The maximum absolute atomic E-state index is 11.4. The number of carbonyl (C=O) groups excluding carboxylic acids is 1. The van der Waals surface area contributed by atoms with E-state index in [9.17, 15) is 9.90 Å². The molecule has 1 aromatic carbocycles. The van der Waals surface area contributed by atoms with E-state index in [1.165, 1.54) is 11.3 Å². The van der Waals surface area contributed by atoms with Crippen molar-refractivity contribution in [1.82, 2.24) is 15.0 Å². The average molecular weight is 470 g/mol. The van der Waals surface area contributed by atoms with E-state index in [2.05, 4.69) is 26.3 Å². The number of nitrogens with two attached hydrogens (primary N) is 1. The topological polar surface area (TPSA) is 143 Å². The maximum Gasteiger partial charge on any atom is 0.230 e. The minimum Gasteiger partial charge on any atom is -0.475 e. The van der Waals surface area contributed by atoms with Crippen molar-refractivity contribution in [2.45, 2.75) is 38.2 Å². The van der Waals surface area contributed by atoms with Crippen molar-refractivity contribution in [1.29, 1.82) is 0 Å². The van der Waals surface area contributed by atoms with Gasteiger partial charge < -0.3 is 26.0 Å². The summed E-state index contributed by atoms with van der Waals surface area (Å²) >= 11 is 1.46. The van der Waals surface area contributed by atoms with Crippen molar-refractivity contribution < 1.29 is 19.7 Å². The first-order valence-electron chi connectivity index (χ1n) is 10.8. The van der Waals surface area contributed by atoms with Gasteiger partial charge in [-0.25, -0.2) is 9.97 Å². The summed E-state index contributed by atoms with van der Waals surface area (Å²) in [7, 11) is 0. The SMILES string of the molecule is Cc1cc(Nc2nccc(OCCO)n2)cc(-c2cnc(C3(O)CCC(C(N)=O)CC3)s2)c1. The fourth-order valence-corrected chi connectivity index (χ4v) is 5.02. The van der Waals surface area contributed by atoms with E-state index >= 15 is 0 Å².